The van der Waals surface area contributed by atoms with Gasteiger partial charge in [0.15, 0.2) is 0 Å². The van der Waals surface area contributed by atoms with Gasteiger partial charge in [0.05, 0.1) is 0 Å². The van der Waals surface area contributed by atoms with Crippen molar-refractivity contribution in [2.75, 3.05) is 20.1 Å². The molecule has 0 heterocycles. The quantitative estimate of drug-likeness (QED) is 0.210. The smallest absolute Gasteiger partial charge is 0.119 e. The second-order valence-corrected chi connectivity index (χ2v) is 7.21. The number of carbonyl (C=O) groups is 1. The summed E-state index contributed by atoms with van der Waals surface area (Å²) in [6, 6.07) is 0.776. The van der Waals surface area contributed by atoms with E-state index in [4.69, 9.17) is 11.5 Å². The first-order chi connectivity index (χ1) is 13.2. The lowest BCUT2D eigenvalue weighted by Crippen LogP contribution is -2.24. The summed E-state index contributed by atoms with van der Waals surface area (Å²) in [5, 5.41) is 6.54. The molecular weight excluding hydrogens is 336 g/mol. The highest BCUT2D eigenvalue weighted by atomic mass is 16.1. The lowest BCUT2D eigenvalue weighted by molar-refractivity contribution is -0.107. The molecule has 5 heteroatoms. The van der Waals surface area contributed by atoms with Crippen LogP contribution in [0.3, 0.4) is 0 Å². The molecule has 162 valence electrons. The minimum atomic E-state index is 0.587. The third-order valence-corrected chi connectivity index (χ3v) is 4.58. The summed E-state index contributed by atoms with van der Waals surface area (Å²) in [6.45, 7) is 6.03. The molecule has 0 aliphatic heterocycles. The van der Waals surface area contributed by atoms with E-state index in [1.54, 1.807) is 0 Å². The molecule has 0 saturated carbocycles. The standard InChI is InChI=1S/C12H27N.C10H21N3O/c1-4-6-8-10-12(13-3)11-9-7-5-2;11-6-5-10(12)9-13-7-3-1-2-4-8-14/h12-13H,4-11H2,1-3H3;8-9,13H,1-7,11-12H2/b;10-9-. The fraction of sp³-hybridized carbons (Fsp3) is 0.864. The van der Waals surface area contributed by atoms with E-state index in [9.17, 15) is 4.79 Å². The molecule has 0 bridgehead atoms. The molecule has 0 amide bonds. The van der Waals surface area contributed by atoms with Gasteiger partial charge in [-0.2, -0.15) is 0 Å². The highest BCUT2D eigenvalue weighted by Crippen LogP contribution is 2.10. The normalized spacial score (nSPS) is 11.2. The summed E-state index contributed by atoms with van der Waals surface area (Å²) in [5.74, 6) is 0. The average molecular weight is 385 g/mol. The molecular formula is C22H48N4O. The van der Waals surface area contributed by atoms with Crippen molar-refractivity contribution in [2.24, 2.45) is 11.5 Å². The van der Waals surface area contributed by atoms with Crippen molar-refractivity contribution in [3.05, 3.63) is 11.9 Å². The van der Waals surface area contributed by atoms with E-state index in [2.05, 4.69) is 31.5 Å². The number of hydrogen-bond donors (Lipinski definition) is 4. The summed E-state index contributed by atoms with van der Waals surface area (Å²) in [5.41, 5.74) is 11.7. The zero-order chi connectivity index (χ0) is 20.6. The van der Waals surface area contributed by atoms with Crippen LogP contribution in [0.5, 0.6) is 0 Å². The Kier molecular flexibility index (Phi) is 26.0. The van der Waals surface area contributed by atoms with Gasteiger partial charge in [-0.1, -0.05) is 58.8 Å². The fourth-order valence-corrected chi connectivity index (χ4v) is 2.79. The number of unbranched alkanes of at least 4 members (excludes halogenated alkanes) is 7. The minimum Gasteiger partial charge on any atom is -0.401 e. The van der Waals surface area contributed by atoms with Gasteiger partial charge in [-0.25, -0.2) is 0 Å². The van der Waals surface area contributed by atoms with Gasteiger partial charge in [-0.3, -0.25) is 0 Å². The number of carbonyl (C=O) groups excluding carboxylic acids is 1. The van der Waals surface area contributed by atoms with Crippen LogP contribution < -0.4 is 22.1 Å². The molecule has 0 aromatic heterocycles. The third kappa shape index (κ3) is 24.9. The zero-order valence-electron chi connectivity index (χ0n) is 18.4. The number of rotatable bonds is 18. The average Bonchev–Trinajstić information content (AvgIpc) is 2.67. The van der Waals surface area contributed by atoms with Crippen LogP contribution in [0.15, 0.2) is 11.9 Å². The summed E-state index contributed by atoms with van der Waals surface area (Å²) in [4.78, 5) is 10.0. The molecule has 0 aliphatic carbocycles. The van der Waals surface area contributed by atoms with Gasteiger partial charge in [0, 0.05) is 37.3 Å². The Bertz CT molecular complexity index is 311. The maximum absolute atomic E-state index is 10.0. The van der Waals surface area contributed by atoms with E-state index in [0.717, 1.165) is 50.3 Å². The topological polar surface area (TPSA) is 93.2 Å². The highest BCUT2D eigenvalue weighted by Gasteiger charge is 2.04. The molecule has 5 nitrogen and oxygen atoms in total. The fourth-order valence-electron chi connectivity index (χ4n) is 2.79. The number of nitrogens with one attached hydrogen (secondary N) is 2. The summed E-state index contributed by atoms with van der Waals surface area (Å²) >= 11 is 0. The van der Waals surface area contributed by atoms with Crippen molar-refractivity contribution in [1.29, 1.82) is 0 Å². The van der Waals surface area contributed by atoms with Crippen LogP contribution in [-0.4, -0.2) is 32.5 Å². The Morgan fingerprint density at radius 1 is 0.963 bits per heavy atom. The minimum absolute atomic E-state index is 0.587. The van der Waals surface area contributed by atoms with Gasteiger partial charge >= 0.3 is 0 Å². The Hall–Kier alpha value is -1.07. The largest absolute Gasteiger partial charge is 0.401 e. The first-order valence-corrected chi connectivity index (χ1v) is 11.1. The lowest BCUT2D eigenvalue weighted by Gasteiger charge is -2.15. The molecule has 6 N–H and O–H groups in total. The number of hydrogen-bond acceptors (Lipinski definition) is 5. The first-order valence-electron chi connectivity index (χ1n) is 11.1. The zero-order valence-corrected chi connectivity index (χ0v) is 18.4. The van der Waals surface area contributed by atoms with Crippen molar-refractivity contribution in [1.82, 2.24) is 10.6 Å². The Morgan fingerprint density at radius 3 is 2.07 bits per heavy atom. The van der Waals surface area contributed by atoms with E-state index >= 15 is 0 Å². The predicted molar refractivity (Wildman–Crippen MR) is 120 cm³/mol. The van der Waals surface area contributed by atoms with E-state index in [1.807, 2.05) is 6.20 Å². The molecule has 0 radical (unpaired) electrons. The SMILES string of the molecule is CCCCCC(CCCCC)NC.NCC/C(N)=C/NCCCCCC=O. The molecule has 0 aromatic rings. The van der Waals surface area contributed by atoms with Gasteiger partial charge in [-0.15, -0.1) is 0 Å². The molecule has 0 fully saturated rings. The Balaban J connectivity index is 0. The number of nitrogens with two attached hydrogens (primary N) is 2. The van der Waals surface area contributed by atoms with Crippen molar-refractivity contribution in [2.45, 2.75) is 103 Å². The van der Waals surface area contributed by atoms with Crippen LogP contribution in [0.4, 0.5) is 0 Å². The van der Waals surface area contributed by atoms with Crippen molar-refractivity contribution in [3.8, 4) is 0 Å². The van der Waals surface area contributed by atoms with Gasteiger partial charge in [0.2, 0.25) is 0 Å². The van der Waals surface area contributed by atoms with E-state index in [-0.39, 0.29) is 0 Å². The number of aldehydes is 1. The van der Waals surface area contributed by atoms with Crippen LogP contribution >= 0.6 is 0 Å². The maximum Gasteiger partial charge on any atom is 0.119 e. The Morgan fingerprint density at radius 2 is 1.59 bits per heavy atom. The second kappa shape index (κ2) is 24.9. The summed E-state index contributed by atoms with van der Waals surface area (Å²) in [6.07, 6.45) is 18.3. The molecule has 0 unspecified atom stereocenters. The van der Waals surface area contributed by atoms with E-state index in [1.165, 1.54) is 51.4 Å². The van der Waals surface area contributed by atoms with Crippen LogP contribution in [0.1, 0.15) is 97.3 Å². The third-order valence-electron chi connectivity index (χ3n) is 4.58. The Labute approximate surface area is 169 Å². The molecule has 0 aliphatic rings. The van der Waals surface area contributed by atoms with Crippen LogP contribution in [0, 0.1) is 0 Å². The van der Waals surface area contributed by atoms with E-state index in [0.29, 0.717) is 13.0 Å². The van der Waals surface area contributed by atoms with Gasteiger partial charge in [-0.05, 0) is 39.3 Å². The molecule has 0 rings (SSSR count). The van der Waals surface area contributed by atoms with Crippen molar-refractivity contribution in [3.63, 3.8) is 0 Å². The lowest BCUT2D eigenvalue weighted by atomic mass is 10.0. The second-order valence-electron chi connectivity index (χ2n) is 7.21. The highest BCUT2D eigenvalue weighted by molar-refractivity contribution is 5.48. The van der Waals surface area contributed by atoms with Crippen molar-refractivity contribution >= 4 is 6.29 Å². The molecule has 0 saturated heterocycles. The van der Waals surface area contributed by atoms with Crippen LogP contribution in [0.2, 0.25) is 0 Å². The van der Waals surface area contributed by atoms with Gasteiger partial charge < -0.3 is 26.9 Å². The molecule has 0 aromatic carbocycles. The van der Waals surface area contributed by atoms with Crippen molar-refractivity contribution < 1.29 is 4.79 Å². The summed E-state index contributed by atoms with van der Waals surface area (Å²) < 4.78 is 0. The molecule has 0 atom stereocenters. The van der Waals surface area contributed by atoms with Gasteiger partial charge in [0.1, 0.15) is 6.29 Å². The van der Waals surface area contributed by atoms with Crippen LogP contribution in [-0.2, 0) is 4.79 Å². The monoisotopic (exact) mass is 384 g/mol. The van der Waals surface area contributed by atoms with Gasteiger partial charge in [0.25, 0.3) is 0 Å². The first kappa shape index (κ1) is 28.1. The molecule has 27 heavy (non-hydrogen) atoms. The van der Waals surface area contributed by atoms with Crippen LogP contribution in [0.25, 0.3) is 0 Å². The predicted octanol–water partition coefficient (Wildman–Crippen LogP) is 4.22. The van der Waals surface area contributed by atoms with E-state index < -0.39 is 0 Å². The molecule has 0 spiro atoms. The summed E-state index contributed by atoms with van der Waals surface area (Å²) in [7, 11) is 2.10. The maximum atomic E-state index is 10.0.